The van der Waals surface area contributed by atoms with Crippen molar-refractivity contribution in [2.75, 3.05) is 26.3 Å². The summed E-state index contributed by atoms with van der Waals surface area (Å²) in [4.78, 5) is 12.7. The number of hydrogen-bond acceptors (Lipinski definition) is 4. The average Bonchev–Trinajstić information content (AvgIpc) is 2.50. The fraction of sp³-hybridized carbons (Fsp3) is 0.562. The minimum atomic E-state index is -0.00592. The van der Waals surface area contributed by atoms with Gasteiger partial charge in [0.15, 0.2) is 5.78 Å². The summed E-state index contributed by atoms with van der Waals surface area (Å²) in [5, 5.41) is 3.74. The molecule has 0 radical (unpaired) electrons. The van der Waals surface area contributed by atoms with Crippen molar-refractivity contribution in [1.29, 1.82) is 0 Å². The van der Waals surface area contributed by atoms with Gasteiger partial charge >= 0.3 is 0 Å². The molecule has 1 N–H and O–H groups in total. The normalized spacial score (nSPS) is 18.3. The van der Waals surface area contributed by atoms with Crippen molar-refractivity contribution in [3.63, 3.8) is 0 Å². The number of benzene rings is 1. The first-order chi connectivity index (χ1) is 10.2. The highest BCUT2D eigenvalue weighted by Gasteiger charge is 2.26. The Balaban J connectivity index is 2.33. The Labute approximate surface area is 130 Å². The molecule has 1 heterocycles. The number of piperidine rings is 1. The van der Waals surface area contributed by atoms with Gasteiger partial charge in [0.1, 0.15) is 11.5 Å². The van der Waals surface area contributed by atoms with Crippen LogP contribution in [0.15, 0.2) is 12.1 Å². The lowest BCUT2D eigenvalue weighted by Crippen LogP contribution is -2.34. The number of ketones is 1. The van der Waals surface area contributed by atoms with Crippen molar-refractivity contribution in [3.05, 3.63) is 22.7 Å². The van der Waals surface area contributed by atoms with E-state index in [1.165, 1.54) is 0 Å². The molecule has 4 nitrogen and oxygen atoms in total. The number of halogens is 1. The Kier molecular flexibility index (Phi) is 5.88. The van der Waals surface area contributed by atoms with E-state index < -0.39 is 0 Å². The van der Waals surface area contributed by atoms with Crippen LogP contribution >= 0.6 is 11.6 Å². The Bertz CT molecular complexity index is 499. The zero-order valence-corrected chi connectivity index (χ0v) is 13.3. The van der Waals surface area contributed by atoms with Gasteiger partial charge in [-0.15, -0.1) is 0 Å². The topological polar surface area (TPSA) is 47.6 Å². The molecule has 1 unspecified atom stereocenters. The highest BCUT2D eigenvalue weighted by Crippen LogP contribution is 2.34. The number of nitrogens with one attached hydrogen (secondary N) is 1. The quantitative estimate of drug-likeness (QED) is 0.819. The van der Waals surface area contributed by atoms with Crippen molar-refractivity contribution in [3.8, 4) is 11.5 Å². The van der Waals surface area contributed by atoms with Gasteiger partial charge in [0, 0.05) is 18.5 Å². The lowest BCUT2D eigenvalue weighted by Gasteiger charge is -2.23. The SMILES string of the molecule is CCOc1cc(C(=O)C2CCCNC2)c(OCC)cc1Cl. The predicted molar refractivity (Wildman–Crippen MR) is 83.7 cm³/mol. The van der Waals surface area contributed by atoms with E-state index >= 15 is 0 Å². The fourth-order valence-electron chi connectivity index (χ4n) is 2.56. The van der Waals surface area contributed by atoms with Crippen molar-refractivity contribution in [1.82, 2.24) is 5.32 Å². The van der Waals surface area contributed by atoms with Gasteiger partial charge in [-0.3, -0.25) is 4.79 Å². The third kappa shape index (κ3) is 3.89. The van der Waals surface area contributed by atoms with Crippen molar-refractivity contribution >= 4 is 17.4 Å². The third-order valence-electron chi connectivity index (χ3n) is 3.57. The van der Waals surface area contributed by atoms with Crippen molar-refractivity contribution in [2.45, 2.75) is 26.7 Å². The summed E-state index contributed by atoms with van der Waals surface area (Å²) >= 11 is 6.18. The molecule has 1 aliphatic heterocycles. The number of carbonyl (C=O) groups excluding carboxylic acids is 1. The summed E-state index contributed by atoms with van der Waals surface area (Å²) in [7, 11) is 0. The minimum absolute atomic E-state index is 0.00592. The third-order valence-corrected chi connectivity index (χ3v) is 3.86. The molecule has 1 fully saturated rings. The van der Waals surface area contributed by atoms with Gasteiger partial charge in [-0.2, -0.15) is 0 Å². The number of ether oxygens (including phenoxy) is 2. The van der Waals surface area contributed by atoms with E-state index in [1.807, 2.05) is 13.8 Å². The van der Waals surface area contributed by atoms with Crippen LogP contribution in [0.25, 0.3) is 0 Å². The molecule has 0 bridgehead atoms. The number of rotatable bonds is 6. The van der Waals surface area contributed by atoms with Gasteiger partial charge in [0.25, 0.3) is 0 Å². The molecule has 0 amide bonds. The molecule has 116 valence electrons. The maximum Gasteiger partial charge on any atom is 0.171 e. The highest BCUT2D eigenvalue weighted by atomic mass is 35.5. The summed E-state index contributed by atoms with van der Waals surface area (Å²) in [5.74, 6) is 1.17. The smallest absolute Gasteiger partial charge is 0.171 e. The van der Waals surface area contributed by atoms with Crippen LogP contribution in [0.5, 0.6) is 11.5 Å². The molecule has 0 spiro atoms. The van der Waals surface area contributed by atoms with E-state index in [0.717, 1.165) is 25.9 Å². The number of hydrogen-bond donors (Lipinski definition) is 1. The Morgan fingerprint density at radius 1 is 1.29 bits per heavy atom. The molecule has 0 saturated carbocycles. The fourth-order valence-corrected chi connectivity index (χ4v) is 2.77. The van der Waals surface area contributed by atoms with Gasteiger partial charge in [-0.25, -0.2) is 0 Å². The first-order valence-corrected chi connectivity index (χ1v) is 7.89. The molecular weight excluding hydrogens is 290 g/mol. The molecular formula is C16H22ClNO3. The van der Waals surface area contributed by atoms with Gasteiger partial charge in [-0.05, 0) is 39.3 Å². The lowest BCUT2D eigenvalue weighted by molar-refractivity contribution is 0.0895. The minimum Gasteiger partial charge on any atom is -0.493 e. The van der Waals surface area contributed by atoms with Crippen LogP contribution < -0.4 is 14.8 Å². The van der Waals surface area contributed by atoms with E-state index in [0.29, 0.717) is 35.3 Å². The van der Waals surface area contributed by atoms with E-state index in [4.69, 9.17) is 21.1 Å². The number of carbonyl (C=O) groups is 1. The van der Waals surface area contributed by atoms with Crippen LogP contribution in [0, 0.1) is 5.92 Å². The summed E-state index contributed by atoms with van der Waals surface area (Å²) in [6, 6.07) is 3.40. The number of Topliss-reactive ketones (excluding diaryl/α,β-unsaturated/α-hetero) is 1. The molecule has 1 aliphatic rings. The van der Waals surface area contributed by atoms with Gasteiger partial charge < -0.3 is 14.8 Å². The van der Waals surface area contributed by atoms with Gasteiger partial charge in [0.2, 0.25) is 0 Å². The van der Waals surface area contributed by atoms with Crippen LogP contribution in [0.3, 0.4) is 0 Å². The van der Waals surface area contributed by atoms with Crippen molar-refractivity contribution in [2.24, 2.45) is 5.92 Å². The maximum absolute atomic E-state index is 12.7. The summed E-state index contributed by atoms with van der Waals surface area (Å²) in [6.45, 7) is 6.48. The van der Waals surface area contributed by atoms with E-state index in [-0.39, 0.29) is 11.7 Å². The maximum atomic E-state index is 12.7. The zero-order valence-electron chi connectivity index (χ0n) is 12.6. The molecule has 1 aromatic rings. The van der Waals surface area contributed by atoms with E-state index in [2.05, 4.69) is 5.32 Å². The lowest BCUT2D eigenvalue weighted by atomic mass is 9.90. The molecule has 1 saturated heterocycles. The van der Waals surface area contributed by atoms with E-state index in [1.54, 1.807) is 12.1 Å². The van der Waals surface area contributed by atoms with Crippen molar-refractivity contribution < 1.29 is 14.3 Å². The zero-order chi connectivity index (χ0) is 15.2. The Morgan fingerprint density at radius 2 is 2.00 bits per heavy atom. The molecule has 2 rings (SSSR count). The molecule has 0 aromatic heterocycles. The Hall–Kier alpha value is -1.26. The van der Waals surface area contributed by atoms with Crippen LogP contribution in [-0.2, 0) is 0 Å². The Morgan fingerprint density at radius 3 is 2.62 bits per heavy atom. The van der Waals surface area contributed by atoms with Gasteiger partial charge in [0.05, 0.1) is 23.8 Å². The largest absolute Gasteiger partial charge is 0.493 e. The molecule has 1 aromatic carbocycles. The summed E-state index contributed by atoms with van der Waals surface area (Å²) in [6.07, 6.45) is 1.93. The highest BCUT2D eigenvalue weighted by molar-refractivity contribution is 6.32. The predicted octanol–water partition coefficient (Wildman–Crippen LogP) is 3.32. The average molecular weight is 312 g/mol. The molecule has 1 atom stereocenters. The second-order valence-electron chi connectivity index (χ2n) is 5.05. The van der Waals surface area contributed by atoms with E-state index in [9.17, 15) is 4.79 Å². The van der Waals surface area contributed by atoms with Crippen LogP contribution in [0.2, 0.25) is 5.02 Å². The molecule has 21 heavy (non-hydrogen) atoms. The summed E-state index contributed by atoms with van der Waals surface area (Å²) in [5.41, 5.74) is 0.568. The van der Waals surface area contributed by atoms with Crippen LogP contribution in [0.4, 0.5) is 0 Å². The van der Waals surface area contributed by atoms with Crippen LogP contribution in [-0.4, -0.2) is 32.1 Å². The first-order valence-electron chi connectivity index (χ1n) is 7.51. The van der Waals surface area contributed by atoms with Gasteiger partial charge in [-0.1, -0.05) is 11.6 Å². The molecule has 5 heteroatoms. The second-order valence-corrected chi connectivity index (χ2v) is 5.46. The summed E-state index contributed by atoms with van der Waals surface area (Å²) < 4.78 is 11.1. The standard InChI is InChI=1S/C16H22ClNO3/c1-3-20-14-9-13(17)15(21-4-2)8-12(14)16(19)11-6-5-7-18-10-11/h8-9,11,18H,3-7,10H2,1-2H3. The van der Waals surface area contributed by atoms with Crippen LogP contribution in [0.1, 0.15) is 37.0 Å². The monoisotopic (exact) mass is 311 g/mol. The second kappa shape index (κ2) is 7.66. The molecule has 0 aliphatic carbocycles. The first kappa shape index (κ1) is 16.1.